The number of phenols is 1. The highest BCUT2D eigenvalue weighted by molar-refractivity contribution is 7.13. The van der Waals surface area contributed by atoms with Gasteiger partial charge in [0.05, 0.1) is 23.6 Å². The van der Waals surface area contributed by atoms with E-state index in [-0.39, 0.29) is 11.8 Å². The van der Waals surface area contributed by atoms with E-state index in [9.17, 15) is 9.90 Å². The van der Waals surface area contributed by atoms with Crippen LogP contribution in [0.5, 0.6) is 11.5 Å². The number of carbonyl (C=O) groups is 1. The number of nitrogens with zero attached hydrogens (tertiary/aromatic N) is 3. The van der Waals surface area contributed by atoms with Gasteiger partial charge in [-0.2, -0.15) is 4.98 Å². The fraction of sp³-hybridized carbons (Fsp3) is 0.348. The Morgan fingerprint density at radius 3 is 2.84 bits per heavy atom. The summed E-state index contributed by atoms with van der Waals surface area (Å²) >= 11 is 1.53. The molecule has 0 saturated carbocycles. The van der Waals surface area contributed by atoms with Gasteiger partial charge >= 0.3 is 6.03 Å². The van der Waals surface area contributed by atoms with E-state index < -0.39 is 6.04 Å². The predicted octanol–water partition coefficient (Wildman–Crippen LogP) is 5.20. The lowest BCUT2D eigenvalue weighted by molar-refractivity contribution is 0.204. The van der Waals surface area contributed by atoms with Crippen LogP contribution in [0.15, 0.2) is 45.9 Å². The molecule has 9 heteroatoms. The van der Waals surface area contributed by atoms with E-state index in [1.807, 2.05) is 24.4 Å². The second kappa shape index (κ2) is 9.44. The molecule has 1 atom stereocenters. The fourth-order valence-electron chi connectivity index (χ4n) is 3.82. The van der Waals surface area contributed by atoms with Crippen molar-refractivity contribution in [3.8, 4) is 22.2 Å². The van der Waals surface area contributed by atoms with Gasteiger partial charge in [0.15, 0.2) is 11.5 Å². The first-order chi connectivity index (χ1) is 15.5. The zero-order valence-corrected chi connectivity index (χ0v) is 19.1. The number of ether oxygens (including phenoxy) is 1. The van der Waals surface area contributed by atoms with Crippen LogP contribution in [-0.2, 0) is 0 Å². The smallest absolute Gasteiger partial charge is 0.322 e. The minimum Gasteiger partial charge on any atom is -0.504 e. The number of thiophene rings is 1. The average Bonchev–Trinajstić information content (AvgIpc) is 3.47. The topological polar surface area (TPSA) is 101 Å². The molecular weight excluding hydrogens is 428 g/mol. The number of urea groups is 1. The van der Waals surface area contributed by atoms with Gasteiger partial charge in [-0.25, -0.2) is 4.79 Å². The maximum Gasteiger partial charge on any atom is 0.322 e. The summed E-state index contributed by atoms with van der Waals surface area (Å²) in [5.74, 6) is 1.19. The normalized spacial score (nSPS) is 16.4. The third-order valence-corrected chi connectivity index (χ3v) is 6.38. The van der Waals surface area contributed by atoms with Gasteiger partial charge in [-0.05, 0) is 42.5 Å². The van der Waals surface area contributed by atoms with E-state index in [0.29, 0.717) is 35.1 Å². The number of hydrogen-bond acceptors (Lipinski definition) is 7. The number of nitrogens with one attached hydrogen (secondary N) is 1. The molecule has 1 aromatic carbocycles. The van der Waals surface area contributed by atoms with E-state index in [0.717, 1.165) is 29.8 Å². The van der Waals surface area contributed by atoms with Crippen molar-refractivity contribution < 1.29 is 19.2 Å². The first kappa shape index (κ1) is 21.9. The summed E-state index contributed by atoms with van der Waals surface area (Å²) in [5.41, 5.74) is 2.16. The van der Waals surface area contributed by atoms with E-state index in [1.165, 1.54) is 18.4 Å². The van der Waals surface area contributed by atoms with Crippen molar-refractivity contribution in [3.05, 3.63) is 52.9 Å². The van der Waals surface area contributed by atoms with Gasteiger partial charge in [0, 0.05) is 12.2 Å². The Bertz CT molecular complexity index is 1120. The number of benzene rings is 1. The lowest BCUT2D eigenvalue weighted by Gasteiger charge is -2.35. The molecule has 1 aliphatic heterocycles. The van der Waals surface area contributed by atoms with Crippen LogP contribution in [-0.4, -0.2) is 39.8 Å². The Morgan fingerprint density at radius 1 is 1.31 bits per heavy atom. The Morgan fingerprint density at radius 2 is 2.16 bits per heavy atom. The molecule has 2 aromatic heterocycles. The largest absolute Gasteiger partial charge is 0.504 e. The third-order valence-electron chi connectivity index (χ3n) is 5.52. The van der Waals surface area contributed by atoms with E-state index >= 15 is 0 Å². The highest BCUT2D eigenvalue weighted by Gasteiger charge is 2.36. The van der Waals surface area contributed by atoms with Gasteiger partial charge in [-0.1, -0.05) is 37.1 Å². The molecule has 0 spiro atoms. The summed E-state index contributed by atoms with van der Waals surface area (Å²) in [6.45, 7) is 4.62. The number of aromatic nitrogens is 2. The SMILES string of the molecule is CCCCCN1C(=O)NC(c2ccc(OC)c(O)c2)C(c2nc(-c3cccs3)no2)=C1C. The highest BCUT2D eigenvalue weighted by atomic mass is 32.1. The predicted molar refractivity (Wildman–Crippen MR) is 122 cm³/mol. The minimum atomic E-state index is -0.557. The molecule has 32 heavy (non-hydrogen) atoms. The number of phenolic OH excluding ortho intramolecular Hbond substituents is 1. The van der Waals surface area contributed by atoms with Crippen molar-refractivity contribution >= 4 is 22.9 Å². The van der Waals surface area contributed by atoms with Crippen LogP contribution in [0.3, 0.4) is 0 Å². The third kappa shape index (κ3) is 4.20. The molecule has 0 aliphatic carbocycles. The molecule has 1 unspecified atom stereocenters. The summed E-state index contributed by atoms with van der Waals surface area (Å²) in [7, 11) is 1.49. The minimum absolute atomic E-state index is 0.00793. The zero-order valence-electron chi connectivity index (χ0n) is 18.3. The van der Waals surface area contributed by atoms with Crippen LogP contribution < -0.4 is 10.1 Å². The van der Waals surface area contributed by atoms with E-state index in [2.05, 4.69) is 22.4 Å². The van der Waals surface area contributed by atoms with Crippen LogP contribution in [0.4, 0.5) is 4.79 Å². The lowest BCUT2D eigenvalue weighted by Crippen LogP contribution is -2.46. The number of aromatic hydroxyl groups is 1. The standard InChI is InChI=1S/C23H26N4O4S/c1-4-5-6-11-27-14(2)19(22-25-21(26-31-22)18-8-7-12-32-18)20(24-23(27)29)15-9-10-17(30-3)16(28)13-15/h7-10,12-13,20,28H,4-6,11H2,1-3H3,(H,24,29). The first-order valence-electron chi connectivity index (χ1n) is 10.6. The monoisotopic (exact) mass is 454 g/mol. The molecule has 4 rings (SSSR count). The molecule has 1 aliphatic rings. The summed E-state index contributed by atoms with van der Waals surface area (Å²) in [5, 5.41) is 19.5. The Hall–Kier alpha value is -3.33. The molecule has 2 N–H and O–H groups in total. The number of amides is 2. The number of hydrogen-bond donors (Lipinski definition) is 2. The summed E-state index contributed by atoms with van der Waals surface area (Å²) in [4.78, 5) is 20.2. The van der Waals surface area contributed by atoms with E-state index in [4.69, 9.17) is 9.26 Å². The second-order valence-electron chi connectivity index (χ2n) is 7.57. The molecule has 0 fully saturated rings. The summed E-state index contributed by atoms with van der Waals surface area (Å²) in [6, 6.07) is 8.17. The molecule has 8 nitrogen and oxygen atoms in total. The number of unbranched alkanes of at least 4 members (excludes halogenated alkanes) is 2. The maximum absolute atomic E-state index is 13.0. The Balaban J connectivity index is 1.78. The van der Waals surface area contributed by atoms with Crippen molar-refractivity contribution in [3.63, 3.8) is 0 Å². The number of methoxy groups -OCH3 is 1. The molecular formula is C23H26N4O4S. The summed E-state index contributed by atoms with van der Waals surface area (Å²) < 4.78 is 10.8. The molecule has 3 aromatic rings. The van der Waals surface area contributed by atoms with Crippen molar-refractivity contribution in [2.75, 3.05) is 13.7 Å². The van der Waals surface area contributed by atoms with Gasteiger partial charge < -0.3 is 19.7 Å². The van der Waals surface area contributed by atoms with Crippen molar-refractivity contribution in [1.82, 2.24) is 20.4 Å². The Labute approximate surface area is 190 Å². The lowest BCUT2D eigenvalue weighted by atomic mass is 9.94. The molecule has 2 amide bonds. The quantitative estimate of drug-likeness (QED) is 0.454. The number of allylic oxidation sites excluding steroid dienone is 1. The average molecular weight is 455 g/mol. The first-order valence-corrected chi connectivity index (χ1v) is 11.4. The zero-order chi connectivity index (χ0) is 22.7. The number of rotatable bonds is 8. The van der Waals surface area contributed by atoms with Crippen molar-refractivity contribution in [2.24, 2.45) is 0 Å². The molecule has 0 bridgehead atoms. The van der Waals surface area contributed by atoms with Crippen LogP contribution in [0.1, 0.15) is 50.6 Å². The van der Waals surface area contributed by atoms with Gasteiger partial charge in [0.1, 0.15) is 0 Å². The van der Waals surface area contributed by atoms with Crippen LogP contribution in [0.2, 0.25) is 0 Å². The summed E-state index contributed by atoms with van der Waals surface area (Å²) in [6.07, 6.45) is 2.99. The van der Waals surface area contributed by atoms with E-state index in [1.54, 1.807) is 23.1 Å². The molecule has 0 saturated heterocycles. The van der Waals surface area contributed by atoms with Crippen molar-refractivity contribution in [1.29, 1.82) is 0 Å². The molecule has 3 heterocycles. The van der Waals surface area contributed by atoms with Gasteiger partial charge in [0.2, 0.25) is 5.82 Å². The van der Waals surface area contributed by atoms with Gasteiger partial charge in [-0.3, -0.25) is 4.90 Å². The number of carbonyl (C=O) groups excluding carboxylic acids is 1. The van der Waals surface area contributed by atoms with Crippen LogP contribution in [0.25, 0.3) is 16.3 Å². The van der Waals surface area contributed by atoms with Gasteiger partial charge in [0.25, 0.3) is 5.89 Å². The fourth-order valence-corrected chi connectivity index (χ4v) is 4.47. The van der Waals surface area contributed by atoms with Gasteiger partial charge in [-0.15, -0.1) is 11.3 Å². The van der Waals surface area contributed by atoms with Crippen molar-refractivity contribution in [2.45, 2.75) is 39.2 Å². The van der Waals surface area contributed by atoms with Crippen LogP contribution in [0, 0.1) is 0 Å². The second-order valence-corrected chi connectivity index (χ2v) is 8.52. The van der Waals surface area contributed by atoms with Crippen LogP contribution >= 0.6 is 11.3 Å². The molecule has 0 radical (unpaired) electrons. The Kier molecular flexibility index (Phi) is 6.45. The maximum atomic E-state index is 13.0. The highest BCUT2D eigenvalue weighted by Crippen LogP contribution is 2.40. The molecule has 168 valence electrons.